The molecule has 2 N–H and O–H groups in total. The van der Waals surface area contributed by atoms with Gasteiger partial charge in [-0.15, -0.1) is 0 Å². The van der Waals surface area contributed by atoms with Crippen LogP contribution >= 0.6 is 0 Å². The molecule has 0 saturated carbocycles. The number of fused-ring (bicyclic) bond motifs is 1. The number of nitrogens with one attached hydrogen (secondary N) is 2. The molecule has 24 heavy (non-hydrogen) atoms. The number of rotatable bonds is 5. The number of nitrogens with zero attached hydrogens (tertiary/aromatic N) is 1. The van der Waals surface area contributed by atoms with Crippen molar-refractivity contribution in [2.24, 2.45) is 7.05 Å². The predicted octanol–water partition coefficient (Wildman–Crippen LogP) is 2.86. The van der Waals surface area contributed by atoms with Crippen molar-refractivity contribution in [2.75, 3.05) is 11.9 Å². The molecular formula is C18H19N3O3. The van der Waals surface area contributed by atoms with Crippen molar-refractivity contribution in [3.8, 4) is 0 Å². The Balaban J connectivity index is 1.71. The number of aromatic amines is 1. The lowest BCUT2D eigenvalue weighted by molar-refractivity contribution is -0.115. The lowest BCUT2D eigenvalue weighted by Crippen LogP contribution is -2.13. The van der Waals surface area contributed by atoms with E-state index >= 15 is 0 Å². The van der Waals surface area contributed by atoms with Gasteiger partial charge >= 0.3 is 5.97 Å². The molecule has 0 bridgehead atoms. The van der Waals surface area contributed by atoms with E-state index in [-0.39, 0.29) is 12.3 Å². The molecule has 0 saturated heterocycles. The van der Waals surface area contributed by atoms with Crippen LogP contribution in [0.5, 0.6) is 0 Å². The average molecular weight is 325 g/mol. The molecule has 2 heterocycles. The Bertz CT molecular complexity index is 892. The Kier molecular flexibility index (Phi) is 4.37. The van der Waals surface area contributed by atoms with Gasteiger partial charge in [-0.25, -0.2) is 4.79 Å². The van der Waals surface area contributed by atoms with Gasteiger partial charge in [0, 0.05) is 30.3 Å². The molecule has 0 aliphatic carbocycles. The first-order valence-electron chi connectivity index (χ1n) is 7.77. The third-order valence-corrected chi connectivity index (χ3v) is 3.80. The van der Waals surface area contributed by atoms with Crippen LogP contribution in [0.1, 0.15) is 23.0 Å². The van der Waals surface area contributed by atoms with Crippen LogP contribution in [0, 0.1) is 0 Å². The average Bonchev–Trinajstić information content (AvgIpc) is 3.12. The molecule has 0 radical (unpaired) electrons. The van der Waals surface area contributed by atoms with E-state index in [0.29, 0.717) is 18.0 Å². The summed E-state index contributed by atoms with van der Waals surface area (Å²) in [5.74, 6) is -0.544. The molecular weight excluding hydrogens is 306 g/mol. The van der Waals surface area contributed by atoms with Crippen molar-refractivity contribution in [1.29, 1.82) is 0 Å². The number of hydrogen-bond donors (Lipinski definition) is 2. The smallest absolute Gasteiger partial charge is 0.355 e. The van der Waals surface area contributed by atoms with Crippen LogP contribution in [-0.2, 0) is 23.0 Å². The van der Waals surface area contributed by atoms with E-state index in [1.54, 1.807) is 30.8 Å². The zero-order valence-electron chi connectivity index (χ0n) is 13.6. The van der Waals surface area contributed by atoms with E-state index < -0.39 is 5.97 Å². The number of hydrogen-bond acceptors (Lipinski definition) is 3. The van der Waals surface area contributed by atoms with Gasteiger partial charge in [0.05, 0.1) is 18.7 Å². The number of ether oxygens (including phenoxy) is 1. The maximum atomic E-state index is 12.3. The summed E-state index contributed by atoms with van der Waals surface area (Å²) < 4.78 is 6.62. The fourth-order valence-corrected chi connectivity index (χ4v) is 2.70. The zero-order chi connectivity index (χ0) is 17.1. The zero-order valence-corrected chi connectivity index (χ0v) is 13.6. The van der Waals surface area contributed by atoms with Gasteiger partial charge in [0.25, 0.3) is 0 Å². The summed E-state index contributed by atoms with van der Waals surface area (Å²) in [4.78, 5) is 27.3. The molecule has 3 aromatic rings. The van der Waals surface area contributed by atoms with E-state index in [4.69, 9.17) is 4.74 Å². The minimum Gasteiger partial charge on any atom is -0.461 e. The summed E-state index contributed by atoms with van der Waals surface area (Å²) in [6, 6.07) is 9.46. The first-order valence-corrected chi connectivity index (χ1v) is 7.77. The summed E-state index contributed by atoms with van der Waals surface area (Å²) >= 11 is 0. The number of benzene rings is 1. The maximum absolute atomic E-state index is 12.3. The summed E-state index contributed by atoms with van der Waals surface area (Å²) in [6.07, 6.45) is 3.80. The molecule has 0 fully saturated rings. The van der Waals surface area contributed by atoms with Crippen LogP contribution in [0.4, 0.5) is 5.69 Å². The number of para-hydroxylation sites is 1. The molecule has 1 aromatic carbocycles. The highest BCUT2D eigenvalue weighted by atomic mass is 16.5. The molecule has 124 valence electrons. The highest BCUT2D eigenvalue weighted by Gasteiger charge is 2.15. The van der Waals surface area contributed by atoms with Gasteiger partial charge in [0.2, 0.25) is 5.91 Å². The summed E-state index contributed by atoms with van der Waals surface area (Å²) in [6.45, 7) is 2.07. The lowest BCUT2D eigenvalue weighted by atomic mass is 10.1. The van der Waals surface area contributed by atoms with Crippen LogP contribution < -0.4 is 5.32 Å². The SMILES string of the molecule is CCOC(=O)c1cc(NC(=O)Cc2c[nH]c3ccccc23)cn1C. The fourth-order valence-electron chi connectivity index (χ4n) is 2.70. The second-order valence-electron chi connectivity index (χ2n) is 5.53. The normalized spacial score (nSPS) is 10.8. The van der Waals surface area contributed by atoms with Crippen molar-refractivity contribution in [3.63, 3.8) is 0 Å². The lowest BCUT2D eigenvalue weighted by Gasteiger charge is -2.02. The van der Waals surface area contributed by atoms with Gasteiger partial charge in [-0.2, -0.15) is 0 Å². The van der Waals surface area contributed by atoms with Gasteiger partial charge in [-0.1, -0.05) is 18.2 Å². The molecule has 0 spiro atoms. The molecule has 0 atom stereocenters. The first kappa shape index (κ1) is 15.9. The van der Waals surface area contributed by atoms with Gasteiger partial charge in [-0.05, 0) is 24.6 Å². The number of anilines is 1. The second-order valence-corrected chi connectivity index (χ2v) is 5.53. The molecule has 2 aromatic heterocycles. The Morgan fingerprint density at radius 2 is 2.08 bits per heavy atom. The number of carbonyl (C=O) groups is 2. The van der Waals surface area contributed by atoms with E-state index in [0.717, 1.165) is 16.5 Å². The van der Waals surface area contributed by atoms with Crippen molar-refractivity contribution >= 4 is 28.5 Å². The van der Waals surface area contributed by atoms with Crippen molar-refractivity contribution in [3.05, 3.63) is 54.0 Å². The minimum absolute atomic E-state index is 0.138. The van der Waals surface area contributed by atoms with E-state index in [1.165, 1.54) is 0 Å². The van der Waals surface area contributed by atoms with Crippen LogP contribution in [0.3, 0.4) is 0 Å². The molecule has 0 unspecified atom stereocenters. The number of amides is 1. The summed E-state index contributed by atoms with van der Waals surface area (Å²) in [7, 11) is 1.74. The molecule has 0 aliphatic rings. The third kappa shape index (κ3) is 3.17. The maximum Gasteiger partial charge on any atom is 0.355 e. The predicted molar refractivity (Wildman–Crippen MR) is 92.0 cm³/mol. The van der Waals surface area contributed by atoms with Crippen molar-refractivity contribution in [2.45, 2.75) is 13.3 Å². The Morgan fingerprint density at radius 1 is 1.29 bits per heavy atom. The summed E-state index contributed by atoms with van der Waals surface area (Å²) in [5, 5.41) is 3.86. The number of aryl methyl sites for hydroxylation is 1. The largest absolute Gasteiger partial charge is 0.461 e. The highest BCUT2D eigenvalue weighted by Crippen LogP contribution is 2.19. The Morgan fingerprint density at radius 3 is 2.88 bits per heavy atom. The van der Waals surface area contributed by atoms with Crippen LogP contribution in [0.2, 0.25) is 0 Å². The first-order chi connectivity index (χ1) is 11.6. The molecule has 6 heteroatoms. The number of aromatic nitrogens is 2. The third-order valence-electron chi connectivity index (χ3n) is 3.80. The van der Waals surface area contributed by atoms with Crippen molar-refractivity contribution < 1.29 is 14.3 Å². The van der Waals surface area contributed by atoms with Crippen LogP contribution in [-0.4, -0.2) is 28.0 Å². The number of carbonyl (C=O) groups excluding carboxylic acids is 2. The monoisotopic (exact) mass is 325 g/mol. The number of H-pyrrole nitrogens is 1. The van der Waals surface area contributed by atoms with E-state index in [1.807, 2.05) is 30.5 Å². The van der Waals surface area contributed by atoms with Gasteiger partial charge in [0.1, 0.15) is 5.69 Å². The van der Waals surface area contributed by atoms with Crippen molar-refractivity contribution in [1.82, 2.24) is 9.55 Å². The van der Waals surface area contributed by atoms with Crippen LogP contribution in [0.25, 0.3) is 10.9 Å². The second kappa shape index (κ2) is 6.62. The molecule has 6 nitrogen and oxygen atoms in total. The quantitative estimate of drug-likeness (QED) is 0.708. The van der Waals surface area contributed by atoms with E-state index in [9.17, 15) is 9.59 Å². The molecule has 0 aliphatic heterocycles. The fraction of sp³-hybridized carbons (Fsp3) is 0.222. The topological polar surface area (TPSA) is 76.1 Å². The van der Waals surface area contributed by atoms with Gasteiger partial charge in [-0.3, -0.25) is 4.79 Å². The Labute approximate surface area is 139 Å². The van der Waals surface area contributed by atoms with Crippen LogP contribution in [0.15, 0.2) is 42.7 Å². The standard InChI is InChI=1S/C18H19N3O3/c1-3-24-18(23)16-9-13(11-21(16)2)20-17(22)8-12-10-19-15-7-5-4-6-14(12)15/h4-7,9-11,19H,3,8H2,1-2H3,(H,20,22). The van der Waals surface area contributed by atoms with Gasteiger partial charge in [0.15, 0.2) is 0 Å². The van der Waals surface area contributed by atoms with E-state index in [2.05, 4.69) is 10.3 Å². The summed E-state index contributed by atoms with van der Waals surface area (Å²) in [5.41, 5.74) is 2.92. The minimum atomic E-state index is -0.405. The highest BCUT2D eigenvalue weighted by molar-refractivity contribution is 5.97. The number of esters is 1. The molecule has 1 amide bonds. The van der Waals surface area contributed by atoms with Gasteiger partial charge < -0.3 is 19.6 Å². The Hall–Kier alpha value is -3.02. The molecule has 3 rings (SSSR count).